The Bertz CT molecular complexity index is 1510. The van der Waals surface area contributed by atoms with Gasteiger partial charge in [0.1, 0.15) is 0 Å². The maximum atomic E-state index is 4.04. The number of rotatable bonds is 8. The van der Waals surface area contributed by atoms with Gasteiger partial charge < -0.3 is 19.9 Å². The van der Waals surface area contributed by atoms with Crippen LogP contribution in [0.25, 0.3) is 45.1 Å². The van der Waals surface area contributed by atoms with Crippen LogP contribution in [-0.2, 0) is 51.4 Å². The van der Waals surface area contributed by atoms with Crippen molar-refractivity contribution in [3.8, 4) is 22.8 Å². The number of fused-ring (bicyclic) bond motifs is 10. The minimum Gasteiger partial charge on any atom is -0.353 e. The van der Waals surface area contributed by atoms with Crippen LogP contribution in [0.1, 0.15) is 150 Å². The molecule has 0 atom stereocenters. The van der Waals surface area contributed by atoms with Crippen molar-refractivity contribution in [2.24, 2.45) is 0 Å². The van der Waals surface area contributed by atoms with E-state index in [1.807, 2.05) is 0 Å². The molecular weight excluding hydrogens is 536 g/mol. The molecule has 0 aromatic carbocycles. The van der Waals surface area contributed by atoms with E-state index in [4.69, 9.17) is 0 Å². The summed E-state index contributed by atoms with van der Waals surface area (Å²) in [6.45, 7) is 27.8. The van der Waals surface area contributed by atoms with Crippen molar-refractivity contribution in [3.05, 3.63) is 67.3 Å². The third kappa shape index (κ3) is 4.63. The largest absolute Gasteiger partial charge is 0.353 e. The monoisotopic (exact) mass is 592 g/mol. The van der Waals surface area contributed by atoms with Crippen molar-refractivity contribution in [1.82, 2.24) is 19.9 Å². The molecule has 0 unspecified atom stereocenters. The summed E-state index contributed by atoms with van der Waals surface area (Å²) in [5.74, 6) is 0. The first-order valence-electron chi connectivity index (χ1n) is 17.5. The van der Waals surface area contributed by atoms with E-state index in [0.717, 1.165) is 51.4 Å². The van der Waals surface area contributed by atoms with Crippen molar-refractivity contribution < 1.29 is 0 Å². The van der Waals surface area contributed by atoms with Gasteiger partial charge in [0.25, 0.3) is 0 Å². The Hall–Kier alpha value is -3.40. The molecule has 4 aromatic rings. The zero-order valence-corrected chi connectivity index (χ0v) is 29.7. The number of aromatic amines is 4. The Balaban J connectivity index is 2.02. The standard InChI is InChI=1S/C40H56N4/c1-13-25-29(17-5)37-38-30(18-6)26(14-2)35(42-38)23(11)24(12)36-28(16-4)32(20-8)40(44-36)39-31(19-7)27(15-3)34(43-39)22(10)21(9)33(25)41-37/h41-44H,13-20H2,1-12H3/b22-21-,24-23-,33-21?,34-22?,35-23?,36-24?,38-37?,40-39?. The molecule has 1 aliphatic heterocycles. The van der Waals surface area contributed by atoms with Gasteiger partial charge in [-0.3, -0.25) is 0 Å². The summed E-state index contributed by atoms with van der Waals surface area (Å²) in [7, 11) is 0. The van der Waals surface area contributed by atoms with Gasteiger partial charge in [-0.25, -0.2) is 0 Å². The van der Waals surface area contributed by atoms with Gasteiger partial charge in [0.15, 0.2) is 0 Å². The van der Waals surface area contributed by atoms with Gasteiger partial charge in [0, 0.05) is 22.8 Å². The molecule has 0 amide bonds. The molecular formula is C40H56N4. The van der Waals surface area contributed by atoms with Crippen LogP contribution in [0, 0.1) is 0 Å². The summed E-state index contributed by atoms with van der Waals surface area (Å²) in [4.78, 5) is 16.2. The summed E-state index contributed by atoms with van der Waals surface area (Å²) in [5.41, 5.74) is 27.3. The van der Waals surface area contributed by atoms with Crippen molar-refractivity contribution in [2.75, 3.05) is 0 Å². The fourth-order valence-electron chi connectivity index (χ4n) is 8.32. The van der Waals surface area contributed by atoms with E-state index >= 15 is 0 Å². The zero-order valence-electron chi connectivity index (χ0n) is 29.7. The Labute approximate surface area is 266 Å². The lowest BCUT2D eigenvalue weighted by Gasteiger charge is -2.11. The van der Waals surface area contributed by atoms with E-state index in [9.17, 15) is 0 Å². The normalized spacial score (nSPS) is 16.8. The molecule has 0 radical (unpaired) electrons. The molecule has 0 saturated carbocycles. The highest BCUT2D eigenvalue weighted by Crippen LogP contribution is 2.43. The number of aromatic nitrogens is 4. The number of hydrogen-bond donors (Lipinski definition) is 4. The molecule has 8 bridgehead atoms. The van der Waals surface area contributed by atoms with E-state index in [2.05, 4.69) is 103 Å². The lowest BCUT2D eigenvalue weighted by Crippen LogP contribution is -1.96. The second-order valence-corrected chi connectivity index (χ2v) is 12.7. The van der Waals surface area contributed by atoms with Gasteiger partial charge in [0.05, 0.1) is 22.8 Å². The summed E-state index contributed by atoms with van der Waals surface area (Å²) >= 11 is 0. The van der Waals surface area contributed by atoms with Gasteiger partial charge in [-0.15, -0.1) is 0 Å². The molecule has 44 heavy (non-hydrogen) atoms. The van der Waals surface area contributed by atoms with Crippen molar-refractivity contribution >= 4 is 22.3 Å². The second-order valence-electron chi connectivity index (χ2n) is 12.7. The predicted octanol–water partition coefficient (Wildman–Crippen LogP) is 11.0. The molecule has 4 N–H and O–H groups in total. The first-order chi connectivity index (χ1) is 21.2. The molecule has 4 nitrogen and oxygen atoms in total. The third-order valence-corrected chi connectivity index (χ3v) is 10.8. The second kappa shape index (κ2) is 12.5. The third-order valence-electron chi connectivity index (χ3n) is 10.8. The first kappa shape index (κ1) is 32.0. The van der Waals surface area contributed by atoms with Crippen LogP contribution >= 0.6 is 0 Å². The molecule has 4 heteroatoms. The number of nitrogens with one attached hydrogen (secondary N) is 4. The number of hydrogen-bond acceptors (Lipinski definition) is 0. The van der Waals surface area contributed by atoms with Gasteiger partial charge in [-0.1, -0.05) is 55.4 Å². The number of allylic oxidation sites excluding steroid dienone is 4. The molecule has 5 heterocycles. The molecule has 5 rings (SSSR count). The average Bonchev–Trinajstić information content (AvgIpc) is 3.80. The maximum Gasteiger partial charge on any atom is 0.0662 e. The molecule has 0 spiro atoms. The van der Waals surface area contributed by atoms with Gasteiger partial charge in [-0.05, 0) is 146 Å². The summed E-state index contributed by atoms with van der Waals surface area (Å²) < 4.78 is 0. The van der Waals surface area contributed by atoms with Gasteiger partial charge in [-0.2, -0.15) is 0 Å². The van der Waals surface area contributed by atoms with Crippen LogP contribution in [0.15, 0.2) is 0 Å². The van der Waals surface area contributed by atoms with Crippen LogP contribution in [0.4, 0.5) is 0 Å². The van der Waals surface area contributed by atoms with Gasteiger partial charge >= 0.3 is 0 Å². The lowest BCUT2D eigenvalue weighted by atomic mass is 9.92. The van der Waals surface area contributed by atoms with E-state index < -0.39 is 0 Å². The molecule has 0 fully saturated rings. The van der Waals surface area contributed by atoms with E-state index in [1.165, 1.54) is 112 Å². The highest BCUT2D eigenvalue weighted by molar-refractivity contribution is 5.94. The van der Waals surface area contributed by atoms with E-state index in [1.54, 1.807) is 0 Å². The Morgan fingerprint density at radius 2 is 0.386 bits per heavy atom. The molecule has 1 aliphatic rings. The minimum absolute atomic E-state index is 1.01. The van der Waals surface area contributed by atoms with E-state index in [-0.39, 0.29) is 0 Å². The first-order valence-corrected chi connectivity index (χ1v) is 17.5. The predicted molar refractivity (Wildman–Crippen MR) is 193 cm³/mol. The summed E-state index contributed by atoms with van der Waals surface area (Å²) in [6.07, 6.45) is 8.06. The topological polar surface area (TPSA) is 63.2 Å². The zero-order chi connectivity index (χ0) is 32.0. The SMILES string of the molecule is CCc1c2[nH]c(c1CC)-c1[nH]c(c(CC)c1CC)/C(C)=C(/C)c1[nH]c(c(CC)c1CC)-c1[nH]c(c(CC)c1CC)/C(C)=C\2C. The Morgan fingerprint density at radius 3 is 0.523 bits per heavy atom. The van der Waals surface area contributed by atoms with E-state index in [0.29, 0.717) is 0 Å². The highest BCUT2D eigenvalue weighted by Gasteiger charge is 2.28. The minimum atomic E-state index is 1.01. The van der Waals surface area contributed by atoms with Crippen molar-refractivity contribution in [3.63, 3.8) is 0 Å². The maximum absolute atomic E-state index is 4.04. The van der Waals surface area contributed by atoms with Gasteiger partial charge in [0.2, 0.25) is 0 Å². The fourth-order valence-corrected chi connectivity index (χ4v) is 8.32. The molecule has 0 aliphatic carbocycles. The molecule has 236 valence electrons. The average molecular weight is 593 g/mol. The molecule has 0 saturated heterocycles. The summed E-state index contributed by atoms with van der Waals surface area (Å²) in [6, 6.07) is 0. The Kier molecular flexibility index (Phi) is 9.12. The van der Waals surface area contributed by atoms with Crippen LogP contribution in [0.3, 0.4) is 0 Å². The van der Waals surface area contributed by atoms with Crippen molar-refractivity contribution in [1.29, 1.82) is 0 Å². The van der Waals surface area contributed by atoms with Crippen LogP contribution in [0.5, 0.6) is 0 Å². The van der Waals surface area contributed by atoms with Crippen molar-refractivity contribution in [2.45, 2.75) is 134 Å². The quantitative estimate of drug-likeness (QED) is 0.157. The number of H-pyrrole nitrogens is 4. The summed E-state index contributed by atoms with van der Waals surface area (Å²) in [5, 5.41) is 0. The Morgan fingerprint density at radius 1 is 0.250 bits per heavy atom. The van der Waals surface area contributed by atoms with Crippen LogP contribution in [0.2, 0.25) is 0 Å². The smallest absolute Gasteiger partial charge is 0.0662 e. The molecule has 4 aromatic heterocycles. The fraction of sp³-hybridized carbons (Fsp3) is 0.500. The van der Waals surface area contributed by atoms with Crippen LogP contribution < -0.4 is 0 Å². The van der Waals surface area contributed by atoms with Crippen LogP contribution in [-0.4, -0.2) is 19.9 Å². The highest BCUT2D eigenvalue weighted by atomic mass is 14.9. The lowest BCUT2D eigenvalue weighted by molar-refractivity contribution is 1.04.